The van der Waals surface area contributed by atoms with Crippen LogP contribution in [0.3, 0.4) is 0 Å². The SMILES string of the molecule is C=C(CCS)OC(=C)CCS. The third-order valence-corrected chi connectivity index (χ3v) is 1.52. The van der Waals surface area contributed by atoms with E-state index in [1.54, 1.807) is 0 Å². The first kappa shape index (κ1) is 11.0. The van der Waals surface area contributed by atoms with Crippen LogP contribution in [0.1, 0.15) is 12.8 Å². The van der Waals surface area contributed by atoms with Crippen molar-refractivity contribution in [3.05, 3.63) is 24.7 Å². The van der Waals surface area contributed by atoms with E-state index in [-0.39, 0.29) is 0 Å². The molecule has 0 bridgehead atoms. The summed E-state index contributed by atoms with van der Waals surface area (Å²) < 4.78 is 5.24. The molecule has 0 amide bonds. The summed E-state index contributed by atoms with van der Waals surface area (Å²) in [5, 5.41) is 0. The minimum Gasteiger partial charge on any atom is -0.467 e. The fourth-order valence-electron chi connectivity index (χ4n) is 0.556. The molecule has 0 saturated heterocycles. The number of hydrogen-bond donors (Lipinski definition) is 2. The molecule has 0 aromatic rings. The molecule has 0 unspecified atom stereocenters. The van der Waals surface area contributed by atoms with Gasteiger partial charge >= 0.3 is 0 Å². The topological polar surface area (TPSA) is 9.23 Å². The minimum absolute atomic E-state index is 0.729. The van der Waals surface area contributed by atoms with Crippen LogP contribution in [0.4, 0.5) is 0 Å². The van der Waals surface area contributed by atoms with Gasteiger partial charge in [0.2, 0.25) is 0 Å². The van der Waals surface area contributed by atoms with Crippen molar-refractivity contribution < 1.29 is 4.74 Å². The Hall–Kier alpha value is -0.0200. The Kier molecular flexibility index (Phi) is 6.66. The van der Waals surface area contributed by atoms with Gasteiger partial charge < -0.3 is 4.74 Å². The van der Waals surface area contributed by atoms with Gasteiger partial charge in [-0.05, 0) is 11.5 Å². The first-order valence-electron chi connectivity index (χ1n) is 3.45. The highest BCUT2D eigenvalue weighted by molar-refractivity contribution is 7.80. The summed E-state index contributed by atoms with van der Waals surface area (Å²) in [6.07, 6.45) is 1.55. The molecule has 0 aromatic heterocycles. The van der Waals surface area contributed by atoms with Gasteiger partial charge in [0.15, 0.2) is 0 Å². The standard InChI is InChI=1S/C8H14OS2/c1-7(3-5-10)9-8(2)4-6-11/h10-11H,1-6H2. The van der Waals surface area contributed by atoms with Crippen LogP contribution in [0.25, 0.3) is 0 Å². The maximum absolute atomic E-state index is 5.24. The smallest absolute Gasteiger partial charge is 0.0972 e. The van der Waals surface area contributed by atoms with E-state index < -0.39 is 0 Å². The lowest BCUT2D eigenvalue weighted by Gasteiger charge is -2.08. The Morgan fingerprint density at radius 2 is 1.36 bits per heavy atom. The molecule has 0 saturated carbocycles. The second kappa shape index (κ2) is 6.68. The molecule has 11 heavy (non-hydrogen) atoms. The van der Waals surface area contributed by atoms with Crippen LogP contribution in [0, 0.1) is 0 Å². The first-order valence-corrected chi connectivity index (χ1v) is 4.72. The molecule has 0 rings (SSSR count). The minimum atomic E-state index is 0.729. The molecule has 64 valence electrons. The molecule has 0 aliphatic rings. The normalized spacial score (nSPS) is 9.27. The summed E-state index contributed by atoms with van der Waals surface area (Å²) >= 11 is 8.10. The summed E-state index contributed by atoms with van der Waals surface area (Å²) in [6, 6.07) is 0. The molecule has 0 aromatic carbocycles. The van der Waals surface area contributed by atoms with Crippen molar-refractivity contribution in [1.29, 1.82) is 0 Å². The van der Waals surface area contributed by atoms with Crippen LogP contribution in [0.15, 0.2) is 24.7 Å². The van der Waals surface area contributed by atoms with Crippen molar-refractivity contribution >= 4 is 25.3 Å². The number of rotatable bonds is 6. The molecule has 3 heteroatoms. The third kappa shape index (κ3) is 6.38. The van der Waals surface area contributed by atoms with Crippen LogP contribution in [-0.2, 0) is 4.74 Å². The fourth-order valence-corrected chi connectivity index (χ4v) is 1.05. The van der Waals surface area contributed by atoms with Gasteiger partial charge in [-0.2, -0.15) is 25.3 Å². The Morgan fingerprint density at radius 1 is 1.00 bits per heavy atom. The van der Waals surface area contributed by atoms with Crippen molar-refractivity contribution in [2.75, 3.05) is 11.5 Å². The Bertz CT molecular complexity index is 127. The van der Waals surface area contributed by atoms with Gasteiger partial charge in [0.1, 0.15) is 0 Å². The maximum atomic E-state index is 5.24. The van der Waals surface area contributed by atoms with Crippen molar-refractivity contribution in [1.82, 2.24) is 0 Å². The van der Waals surface area contributed by atoms with E-state index in [4.69, 9.17) is 4.74 Å². The van der Waals surface area contributed by atoms with Gasteiger partial charge in [-0.15, -0.1) is 0 Å². The van der Waals surface area contributed by atoms with Gasteiger partial charge in [0, 0.05) is 12.8 Å². The van der Waals surface area contributed by atoms with Crippen LogP contribution in [0.5, 0.6) is 0 Å². The first-order chi connectivity index (χ1) is 5.20. The van der Waals surface area contributed by atoms with E-state index in [1.165, 1.54) is 0 Å². The van der Waals surface area contributed by atoms with Gasteiger partial charge in [-0.25, -0.2) is 0 Å². The number of ether oxygens (including phenoxy) is 1. The fraction of sp³-hybridized carbons (Fsp3) is 0.500. The summed E-state index contributed by atoms with van der Waals surface area (Å²) in [5.41, 5.74) is 0. The van der Waals surface area contributed by atoms with E-state index in [1.807, 2.05) is 0 Å². The Labute approximate surface area is 79.3 Å². The summed E-state index contributed by atoms with van der Waals surface area (Å²) in [5.74, 6) is 2.97. The monoisotopic (exact) mass is 190 g/mol. The highest BCUT2D eigenvalue weighted by Gasteiger charge is 1.96. The average molecular weight is 190 g/mol. The zero-order chi connectivity index (χ0) is 8.69. The van der Waals surface area contributed by atoms with E-state index in [0.29, 0.717) is 0 Å². The highest BCUT2D eigenvalue weighted by atomic mass is 32.1. The lowest BCUT2D eigenvalue weighted by atomic mass is 10.4. The lowest BCUT2D eigenvalue weighted by Crippen LogP contribution is -1.92. The zero-order valence-corrected chi connectivity index (χ0v) is 8.33. The van der Waals surface area contributed by atoms with Crippen LogP contribution in [-0.4, -0.2) is 11.5 Å². The van der Waals surface area contributed by atoms with Crippen molar-refractivity contribution in [3.8, 4) is 0 Å². The summed E-state index contributed by atoms with van der Waals surface area (Å²) in [6.45, 7) is 7.42. The van der Waals surface area contributed by atoms with E-state index in [0.717, 1.165) is 35.9 Å². The molecule has 0 heterocycles. The second-order valence-electron chi connectivity index (χ2n) is 2.13. The molecule has 1 nitrogen and oxygen atoms in total. The van der Waals surface area contributed by atoms with Gasteiger partial charge in [0.25, 0.3) is 0 Å². The van der Waals surface area contributed by atoms with Crippen LogP contribution < -0.4 is 0 Å². The van der Waals surface area contributed by atoms with Crippen molar-refractivity contribution in [3.63, 3.8) is 0 Å². The molecule has 0 spiro atoms. The largest absolute Gasteiger partial charge is 0.467 e. The molecule has 0 radical (unpaired) electrons. The van der Waals surface area contributed by atoms with E-state index in [9.17, 15) is 0 Å². The van der Waals surface area contributed by atoms with E-state index >= 15 is 0 Å². The lowest BCUT2D eigenvalue weighted by molar-refractivity contribution is 0.289. The zero-order valence-electron chi connectivity index (χ0n) is 6.55. The predicted molar refractivity (Wildman–Crippen MR) is 56.3 cm³/mol. The molecular formula is C8H14OS2. The van der Waals surface area contributed by atoms with Crippen molar-refractivity contribution in [2.45, 2.75) is 12.8 Å². The number of allylic oxidation sites excluding steroid dienone is 2. The van der Waals surface area contributed by atoms with Crippen LogP contribution in [0.2, 0.25) is 0 Å². The van der Waals surface area contributed by atoms with Crippen LogP contribution >= 0.6 is 25.3 Å². The quantitative estimate of drug-likeness (QED) is 0.483. The van der Waals surface area contributed by atoms with Gasteiger partial charge in [0.05, 0.1) is 11.5 Å². The number of thiol groups is 2. The average Bonchev–Trinajstić information content (AvgIpc) is 1.87. The predicted octanol–water partition coefficient (Wildman–Crippen LogP) is 2.67. The Morgan fingerprint density at radius 3 is 1.64 bits per heavy atom. The highest BCUT2D eigenvalue weighted by Crippen LogP contribution is 2.10. The van der Waals surface area contributed by atoms with Gasteiger partial charge in [-0.3, -0.25) is 0 Å². The third-order valence-electron chi connectivity index (χ3n) is 1.07. The summed E-state index contributed by atoms with van der Waals surface area (Å²) in [4.78, 5) is 0. The molecule has 0 atom stereocenters. The maximum Gasteiger partial charge on any atom is 0.0972 e. The van der Waals surface area contributed by atoms with Gasteiger partial charge in [-0.1, -0.05) is 13.2 Å². The van der Waals surface area contributed by atoms with Crippen molar-refractivity contribution in [2.24, 2.45) is 0 Å². The summed E-state index contributed by atoms with van der Waals surface area (Å²) in [7, 11) is 0. The Balaban J connectivity index is 3.49. The molecule has 0 N–H and O–H groups in total. The van der Waals surface area contributed by atoms with E-state index in [2.05, 4.69) is 38.4 Å². The molecular weight excluding hydrogens is 176 g/mol. The molecule has 0 aliphatic carbocycles. The molecule has 0 aliphatic heterocycles. The molecule has 0 fully saturated rings. The second-order valence-corrected chi connectivity index (χ2v) is 3.02. The number of hydrogen-bond acceptors (Lipinski definition) is 3.